The molecular formula is C18H22OS. The molecule has 2 heteroatoms. The van der Waals surface area contributed by atoms with E-state index in [-0.39, 0.29) is 5.41 Å². The van der Waals surface area contributed by atoms with E-state index in [0.29, 0.717) is 0 Å². The summed E-state index contributed by atoms with van der Waals surface area (Å²) in [5.74, 6) is 0.968. The maximum Gasteiger partial charge on any atom is 0.150 e. The van der Waals surface area contributed by atoms with Gasteiger partial charge < -0.3 is 0 Å². The van der Waals surface area contributed by atoms with Crippen LogP contribution >= 0.6 is 11.8 Å². The van der Waals surface area contributed by atoms with E-state index in [1.54, 1.807) is 0 Å². The second-order valence-corrected chi connectivity index (χ2v) is 7.20. The number of hydrogen-bond acceptors (Lipinski definition) is 2. The monoisotopic (exact) mass is 286 g/mol. The fourth-order valence-electron chi connectivity index (χ4n) is 2.62. The molecule has 0 atom stereocenters. The Hall–Kier alpha value is -1.28. The summed E-state index contributed by atoms with van der Waals surface area (Å²) in [6, 6.07) is 8.56. The highest BCUT2D eigenvalue weighted by Crippen LogP contribution is 2.37. The van der Waals surface area contributed by atoms with Gasteiger partial charge >= 0.3 is 0 Å². The van der Waals surface area contributed by atoms with Crippen LogP contribution in [0.3, 0.4) is 0 Å². The number of rotatable bonds is 3. The summed E-state index contributed by atoms with van der Waals surface area (Å²) < 4.78 is 0. The quantitative estimate of drug-likeness (QED) is 0.732. The normalized spacial score (nSPS) is 11.8. The highest BCUT2D eigenvalue weighted by Gasteiger charge is 2.20. The lowest BCUT2D eigenvalue weighted by Crippen LogP contribution is -2.10. The lowest BCUT2D eigenvalue weighted by molar-refractivity contribution is 0.112. The number of hydrogen-bond donors (Lipinski definition) is 0. The Morgan fingerprint density at radius 1 is 1.20 bits per heavy atom. The summed E-state index contributed by atoms with van der Waals surface area (Å²) in [5, 5.41) is 0. The van der Waals surface area contributed by atoms with E-state index >= 15 is 0 Å². The molecule has 0 aromatic carbocycles. The zero-order chi connectivity index (χ0) is 14.9. The topological polar surface area (TPSA) is 17.1 Å². The third kappa shape index (κ3) is 2.76. The molecule has 0 fully saturated rings. The van der Waals surface area contributed by atoms with Crippen molar-refractivity contribution in [1.82, 2.24) is 0 Å². The summed E-state index contributed by atoms with van der Waals surface area (Å²) in [4.78, 5) is 11.3. The minimum absolute atomic E-state index is 0.107. The number of aryl methyl sites for hydroxylation is 1. The van der Waals surface area contributed by atoms with E-state index < -0.39 is 0 Å². The third-order valence-corrected chi connectivity index (χ3v) is 4.32. The first kappa shape index (κ1) is 15.1. The van der Waals surface area contributed by atoms with Gasteiger partial charge in [0.25, 0.3) is 0 Å². The zero-order valence-electron chi connectivity index (χ0n) is 12.9. The number of aldehydes is 1. The standard InChI is InChI=1S/C18H22OS/c1-12-8-15(18(2,3)4)9-14(11-20-5)16-7-6-13(10-19)17(12)16/h6-10H,11H2,1-5H3. The van der Waals surface area contributed by atoms with Crippen molar-refractivity contribution in [2.75, 3.05) is 6.26 Å². The summed E-state index contributed by atoms with van der Waals surface area (Å²) in [5.41, 5.74) is 7.07. The lowest BCUT2D eigenvalue weighted by Gasteiger charge is -2.18. The number of fused-ring (bicyclic) bond motifs is 1. The predicted molar refractivity (Wildman–Crippen MR) is 89.1 cm³/mol. The molecule has 2 aliphatic carbocycles. The summed E-state index contributed by atoms with van der Waals surface area (Å²) in [7, 11) is 0. The summed E-state index contributed by atoms with van der Waals surface area (Å²) >= 11 is 1.82. The Labute approximate surface area is 126 Å². The van der Waals surface area contributed by atoms with Gasteiger partial charge in [-0.2, -0.15) is 11.8 Å². The van der Waals surface area contributed by atoms with Gasteiger partial charge in [0.05, 0.1) is 0 Å². The lowest BCUT2D eigenvalue weighted by atomic mass is 9.87. The van der Waals surface area contributed by atoms with Gasteiger partial charge in [-0.05, 0) is 46.4 Å². The van der Waals surface area contributed by atoms with Gasteiger partial charge in [0, 0.05) is 11.3 Å². The molecule has 0 radical (unpaired) electrons. The molecule has 0 N–H and O–H groups in total. The molecule has 0 spiro atoms. The molecule has 2 aliphatic rings. The molecule has 0 heterocycles. The van der Waals surface area contributed by atoms with Crippen LogP contribution in [0.5, 0.6) is 0 Å². The van der Waals surface area contributed by atoms with Crippen LogP contribution in [0.25, 0.3) is 11.1 Å². The maximum absolute atomic E-state index is 11.3. The van der Waals surface area contributed by atoms with Gasteiger partial charge in [0.15, 0.2) is 6.29 Å². The molecule has 0 unspecified atom stereocenters. The van der Waals surface area contributed by atoms with Crippen LogP contribution in [0.1, 0.15) is 47.8 Å². The SMILES string of the molecule is CSCc1cc(C(C)(C)C)cc(C)c2c(C=O)ccc1-2. The van der Waals surface area contributed by atoms with Crippen LogP contribution in [0.2, 0.25) is 0 Å². The Morgan fingerprint density at radius 2 is 1.90 bits per heavy atom. The number of thioether (sulfide) groups is 1. The summed E-state index contributed by atoms with van der Waals surface area (Å²) in [6.07, 6.45) is 3.08. The average molecular weight is 286 g/mol. The molecule has 0 aromatic rings. The van der Waals surface area contributed by atoms with Crippen LogP contribution in [0, 0.1) is 6.92 Å². The van der Waals surface area contributed by atoms with Crippen molar-refractivity contribution < 1.29 is 4.79 Å². The largest absolute Gasteiger partial charge is 0.298 e. The zero-order valence-corrected chi connectivity index (χ0v) is 13.7. The fourth-order valence-corrected chi connectivity index (χ4v) is 3.17. The molecule has 106 valence electrons. The fraction of sp³-hybridized carbons (Fsp3) is 0.389. The van der Waals surface area contributed by atoms with Gasteiger partial charge in [-0.25, -0.2) is 0 Å². The highest BCUT2D eigenvalue weighted by atomic mass is 32.2. The van der Waals surface area contributed by atoms with Gasteiger partial charge in [0.1, 0.15) is 0 Å². The van der Waals surface area contributed by atoms with Crippen molar-refractivity contribution in [3.05, 3.63) is 46.5 Å². The molecule has 0 aliphatic heterocycles. The minimum Gasteiger partial charge on any atom is -0.298 e. The predicted octanol–water partition coefficient (Wildman–Crippen LogP) is 5.07. The van der Waals surface area contributed by atoms with Crippen LogP contribution < -0.4 is 0 Å². The Morgan fingerprint density at radius 3 is 2.45 bits per heavy atom. The molecule has 0 amide bonds. The minimum atomic E-state index is 0.107. The van der Waals surface area contributed by atoms with Gasteiger partial charge in [-0.3, -0.25) is 4.79 Å². The van der Waals surface area contributed by atoms with Crippen LogP contribution in [0.15, 0.2) is 24.3 Å². The second-order valence-electron chi connectivity index (χ2n) is 6.33. The van der Waals surface area contributed by atoms with E-state index in [1.807, 2.05) is 17.8 Å². The molecule has 20 heavy (non-hydrogen) atoms. The van der Waals surface area contributed by atoms with Gasteiger partial charge in [0.2, 0.25) is 0 Å². The number of carbonyl (C=O) groups excluding carboxylic acids is 1. The smallest absolute Gasteiger partial charge is 0.150 e. The molecule has 0 bridgehead atoms. The van der Waals surface area contributed by atoms with Crippen LogP contribution in [-0.4, -0.2) is 12.5 Å². The Bertz CT molecular complexity index is 608. The molecule has 0 saturated heterocycles. The molecule has 2 rings (SSSR count). The Kier molecular flexibility index (Phi) is 4.24. The first-order valence-corrected chi connectivity index (χ1v) is 8.28. The van der Waals surface area contributed by atoms with E-state index in [2.05, 4.69) is 52.1 Å². The van der Waals surface area contributed by atoms with Crippen molar-refractivity contribution in [1.29, 1.82) is 0 Å². The van der Waals surface area contributed by atoms with Crippen molar-refractivity contribution in [3.63, 3.8) is 0 Å². The van der Waals surface area contributed by atoms with E-state index in [4.69, 9.17) is 0 Å². The van der Waals surface area contributed by atoms with E-state index in [9.17, 15) is 4.79 Å². The maximum atomic E-state index is 11.3. The summed E-state index contributed by atoms with van der Waals surface area (Å²) in [6.45, 7) is 8.80. The van der Waals surface area contributed by atoms with Crippen molar-refractivity contribution in [2.45, 2.75) is 38.9 Å². The van der Waals surface area contributed by atoms with Crippen molar-refractivity contribution in [2.24, 2.45) is 0 Å². The molecule has 0 saturated carbocycles. The average Bonchev–Trinajstić information content (AvgIpc) is 2.73. The third-order valence-electron chi connectivity index (χ3n) is 3.72. The number of carbonyl (C=O) groups is 1. The molecule has 1 nitrogen and oxygen atoms in total. The first-order valence-electron chi connectivity index (χ1n) is 6.89. The first-order chi connectivity index (χ1) is 9.38. The molecule has 0 aromatic heterocycles. The Balaban J connectivity index is 2.80. The highest BCUT2D eigenvalue weighted by molar-refractivity contribution is 7.97. The van der Waals surface area contributed by atoms with Crippen molar-refractivity contribution in [3.8, 4) is 11.1 Å². The molecular weight excluding hydrogens is 264 g/mol. The van der Waals surface area contributed by atoms with Crippen LogP contribution in [-0.2, 0) is 11.2 Å². The van der Waals surface area contributed by atoms with E-state index in [1.165, 1.54) is 22.3 Å². The van der Waals surface area contributed by atoms with Crippen molar-refractivity contribution >= 4 is 18.0 Å². The van der Waals surface area contributed by atoms with Gasteiger partial charge in [-0.1, -0.05) is 45.0 Å². The van der Waals surface area contributed by atoms with Gasteiger partial charge in [-0.15, -0.1) is 0 Å². The second kappa shape index (κ2) is 5.61. The van der Waals surface area contributed by atoms with Crippen LogP contribution in [0.4, 0.5) is 0 Å². The van der Waals surface area contributed by atoms with E-state index in [0.717, 1.165) is 23.2 Å².